The maximum Gasteiger partial charge on any atom is 0.217 e. The summed E-state index contributed by atoms with van der Waals surface area (Å²) in [4.78, 5) is 23.3. The SMILES string of the molecule is CC(=O)N[C@H](C(=O)c1ccc(C)cc1)C(C)C. The topological polar surface area (TPSA) is 46.2 Å². The highest BCUT2D eigenvalue weighted by atomic mass is 16.2. The summed E-state index contributed by atoms with van der Waals surface area (Å²) in [5.41, 5.74) is 1.75. The van der Waals surface area contributed by atoms with Crippen LogP contribution in [0.3, 0.4) is 0 Å². The first-order valence-corrected chi connectivity index (χ1v) is 5.79. The molecule has 0 aliphatic rings. The summed E-state index contributed by atoms with van der Waals surface area (Å²) in [5, 5.41) is 2.70. The van der Waals surface area contributed by atoms with Gasteiger partial charge in [-0.15, -0.1) is 0 Å². The highest BCUT2D eigenvalue weighted by Gasteiger charge is 2.23. The van der Waals surface area contributed by atoms with Crippen LogP contribution in [0.2, 0.25) is 0 Å². The van der Waals surface area contributed by atoms with Gasteiger partial charge in [-0.1, -0.05) is 43.7 Å². The van der Waals surface area contributed by atoms with E-state index >= 15 is 0 Å². The van der Waals surface area contributed by atoms with E-state index in [1.165, 1.54) is 6.92 Å². The molecule has 17 heavy (non-hydrogen) atoms. The zero-order valence-corrected chi connectivity index (χ0v) is 10.8. The number of hydrogen-bond acceptors (Lipinski definition) is 2. The van der Waals surface area contributed by atoms with Gasteiger partial charge in [0.25, 0.3) is 0 Å². The lowest BCUT2D eigenvalue weighted by atomic mass is 9.94. The van der Waals surface area contributed by atoms with Crippen LogP contribution in [0.15, 0.2) is 24.3 Å². The Kier molecular flexibility index (Phi) is 4.44. The first kappa shape index (κ1) is 13.4. The third-order valence-electron chi connectivity index (χ3n) is 2.64. The number of hydrogen-bond donors (Lipinski definition) is 1. The first-order chi connectivity index (χ1) is 7.91. The van der Waals surface area contributed by atoms with Crippen LogP contribution in [0, 0.1) is 12.8 Å². The van der Waals surface area contributed by atoms with E-state index in [1.807, 2.05) is 32.9 Å². The number of ketones is 1. The van der Waals surface area contributed by atoms with Crippen molar-refractivity contribution >= 4 is 11.7 Å². The molecule has 0 unspecified atom stereocenters. The number of amides is 1. The summed E-state index contributed by atoms with van der Waals surface area (Å²) in [6, 6.07) is 6.95. The zero-order valence-electron chi connectivity index (χ0n) is 10.8. The number of rotatable bonds is 4. The Labute approximate surface area is 102 Å². The van der Waals surface area contributed by atoms with E-state index in [4.69, 9.17) is 0 Å². The van der Waals surface area contributed by atoms with Crippen molar-refractivity contribution in [2.45, 2.75) is 33.7 Å². The Hall–Kier alpha value is -1.64. The van der Waals surface area contributed by atoms with E-state index in [1.54, 1.807) is 12.1 Å². The molecular formula is C14H19NO2. The molecule has 0 heterocycles. The molecule has 1 aromatic carbocycles. The van der Waals surface area contributed by atoms with Crippen molar-refractivity contribution in [1.29, 1.82) is 0 Å². The molecule has 1 rings (SSSR count). The first-order valence-electron chi connectivity index (χ1n) is 5.79. The highest BCUT2D eigenvalue weighted by Crippen LogP contribution is 2.11. The predicted molar refractivity (Wildman–Crippen MR) is 68.0 cm³/mol. The number of Topliss-reactive ketones (excluding diaryl/α,β-unsaturated/α-hetero) is 1. The van der Waals surface area contributed by atoms with Crippen LogP contribution in [-0.2, 0) is 4.79 Å². The lowest BCUT2D eigenvalue weighted by molar-refractivity contribution is -0.119. The van der Waals surface area contributed by atoms with Crippen LogP contribution in [0.4, 0.5) is 0 Å². The van der Waals surface area contributed by atoms with Gasteiger partial charge in [0.2, 0.25) is 5.91 Å². The standard InChI is InChI=1S/C14H19NO2/c1-9(2)13(15-11(4)16)14(17)12-7-5-10(3)6-8-12/h5-9,13H,1-4H3,(H,15,16)/t13-/m0/s1. The normalized spacial score (nSPS) is 12.3. The highest BCUT2D eigenvalue weighted by molar-refractivity contribution is 6.01. The van der Waals surface area contributed by atoms with E-state index in [9.17, 15) is 9.59 Å². The number of carbonyl (C=O) groups excluding carboxylic acids is 2. The largest absolute Gasteiger partial charge is 0.346 e. The number of benzene rings is 1. The maximum absolute atomic E-state index is 12.2. The molecule has 0 aliphatic carbocycles. The molecule has 0 fully saturated rings. The molecule has 1 N–H and O–H groups in total. The maximum atomic E-state index is 12.2. The Morgan fingerprint density at radius 2 is 1.65 bits per heavy atom. The minimum absolute atomic E-state index is 0.0322. The summed E-state index contributed by atoms with van der Waals surface area (Å²) in [5.74, 6) is -0.132. The second kappa shape index (κ2) is 5.62. The van der Waals surface area contributed by atoms with Crippen molar-refractivity contribution in [3.63, 3.8) is 0 Å². The second-order valence-corrected chi connectivity index (χ2v) is 4.65. The molecule has 1 amide bonds. The Balaban J connectivity index is 2.91. The number of aryl methyl sites for hydroxylation is 1. The number of nitrogens with one attached hydrogen (secondary N) is 1. The predicted octanol–water partition coefficient (Wildman–Crippen LogP) is 2.34. The molecule has 0 aromatic heterocycles. The van der Waals surface area contributed by atoms with Gasteiger partial charge in [0.1, 0.15) is 0 Å². The Morgan fingerprint density at radius 3 is 2.06 bits per heavy atom. The van der Waals surface area contributed by atoms with Crippen molar-refractivity contribution in [1.82, 2.24) is 5.32 Å². The second-order valence-electron chi connectivity index (χ2n) is 4.65. The summed E-state index contributed by atoms with van der Waals surface area (Å²) < 4.78 is 0. The molecule has 0 spiro atoms. The molecule has 92 valence electrons. The van der Waals surface area contributed by atoms with Crippen molar-refractivity contribution in [3.8, 4) is 0 Å². The molecule has 0 aliphatic heterocycles. The van der Waals surface area contributed by atoms with Gasteiger partial charge in [-0.25, -0.2) is 0 Å². The van der Waals surface area contributed by atoms with Crippen LogP contribution in [0.25, 0.3) is 0 Å². The summed E-state index contributed by atoms with van der Waals surface area (Å²) in [7, 11) is 0. The molecule has 1 aromatic rings. The van der Waals surface area contributed by atoms with Crippen LogP contribution in [0.1, 0.15) is 36.7 Å². The van der Waals surface area contributed by atoms with E-state index in [0.717, 1.165) is 5.56 Å². The number of carbonyl (C=O) groups is 2. The third-order valence-corrected chi connectivity index (χ3v) is 2.64. The third kappa shape index (κ3) is 3.70. The fourth-order valence-corrected chi connectivity index (χ4v) is 1.65. The Bertz CT molecular complexity index is 407. The average Bonchev–Trinajstić information content (AvgIpc) is 2.25. The van der Waals surface area contributed by atoms with Gasteiger partial charge in [0, 0.05) is 12.5 Å². The average molecular weight is 233 g/mol. The van der Waals surface area contributed by atoms with Crippen LogP contribution in [0.5, 0.6) is 0 Å². The van der Waals surface area contributed by atoms with E-state index < -0.39 is 6.04 Å². The quantitative estimate of drug-likeness (QED) is 0.811. The molecule has 1 atom stereocenters. The zero-order chi connectivity index (χ0) is 13.0. The van der Waals surface area contributed by atoms with Crippen molar-refractivity contribution < 1.29 is 9.59 Å². The van der Waals surface area contributed by atoms with Crippen LogP contribution >= 0.6 is 0 Å². The van der Waals surface area contributed by atoms with Gasteiger partial charge < -0.3 is 5.32 Å². The smallest absolute Gasteiger partial charge is 0.217 e. The van der Waals surface area contributed by atoms with E-state index in [2.05, 4.69) is 5.32 Å². The summed E-state index contributed by atoms with van der Waals surface area (Å²) in [6.07, 6.45) is 0. The van der Waals surface area contributed by atoms with Gasteiger partial charge in [-0.3, -0.25) is 9.59 Å². The monoisotopic (exact) mass is 233 g/mol. The molecule has 0 bridgehead atoms. The lowest BCUT2D eigenvalue weighted by Gasteiger charge is -2.20. The summed E-state index contributed by atoms with van der Waals surface area (Å²) >= 11 is 0. The van der Waals surface area contributed by atoms with E-state index in [-0.39, 0.29) is 17.6 Å². The molecular weight excluding hydrogens is 214 g/mol. The Morgan fingerprint density at radius 1 is 1.12 bits per heavy atom. The molecule has 3 nitrogen and oxygen atoms in total. The van der Waals surface area contributed by atoms with Gasteiger partial charge >= 0.3 is 0 Å². The fourth-order valence-electron chi connectivity index (χ4n) is 1.65. The van der Waals surface area contributed by atoms with E-state index in [0.29, 0.717) is 5.56 Å². The molecule has 0 saturated carbocycles. The summed E-state index contributed by atoms with van der Waals surface area (Å²) in [6.45, 7) is 7.25. The molecule has 3 heteroatoms. The van der Waals surface area contributed by atoms with Gasteiger partial charge in [0.15, 0.2) is 5.78 Å². The van der Waals surface area contributed by atoms with Crippen LogP contribution < -0.4 is 5.32 Å². The van der Waals surface area contributed by atoms with Gasteiger partial charge in [-0.2, -0.15) is 0 Å². The minimum atomic E-state index is -0.449. The van der Waals surface area contributed by atoms with Gasteiger partial charge in [0.05, 0.1) is 6.04 Å². The fraction of sp³-hybridized carbons (Fsp3) is 0.429. The van der Waals surface area contributed by atoms with Crippen LogP contribution in [-0.4, -0.2) is 17.7 Å². The molecule has 0 saturated heterocycles. The van der Waals surface area contributed by atoms with Crippen molar-refractivity contribution in [3.05, 3.63) is 35.4 Å². The van der Waals surface area contributed by atoms with Crippen molar-refractivity contribution in [2.24, 2.45) is 5.92 Å². The molecule has 0 radical (unpaired) electrons. The lowest BCUT2D eigenvalue weighted by Crippen LogP contribution is -2.43. The van der Waals surface area contributed by atoms with Crippen molar-refractivity contribution in [2.75, 3.05) is 0 Å². The van der Waals surface area contributed by atoms with Gasteiger partial charge in [-0.05, 0) is 12.8 Å². The minimum Gasteiger partial charge on any atom is -0.346 e.